The predicted molar refractivity (Wildman–Crippen MR) is 202 cm³/mol. The van der Waals surface area contributed by atoms with Gasteiger partial charge in [-0.3, -0.25) is 14.6 Å². The van der Waals surface area contributed by atoms with Gasteiger partial charge in [-0.15, -0.1) is 22.9 Å². The van der Waals surface area contributed by atoms with Crippen molar-refractivity contribution in [3.63, 3.8) is 0 Å². The predicted octanol–water partition coefficient (Wildman–Crippen LogP) is 7.31. The maximum absolute atomic E-state index is 12.1. The molecule has 1 aromatic carbocycles. The number of nitrogens with zero attached hydrogens (tertiary/aromatic N) is 3. The molecular weight excluding hydrogens is 743 g/mol. The van der Waals surface area contributed by atoms with Crippen LogP contribution in [0, 0.1) is 19.8 Å². The number of rotatable bonds is 11. The number of pyridine rings is 1. The van der Waals surface area contributed by atoms with E-state index in [2.05, 4.69) is 20.7 Å². The molecule has 0 saturated heterocycles. The van der Waals surface area contributed by atoms with E-state index < -0.39 is 17.5 Å². The zero-order valence-electron chi connectivity index (χ0n) is 29.9. The van der Waals surface area contributed by atoms with Crippen LogP contribution in [-0.4, -0.2) is 83.1 Å². The van der Waals surface area contributed by atoms with Crippen LogP contribution in [0.3, 0.4) is 0 Å². The van der Waals surface area contributed by atoms with E-state index in [1.165, 1.54) is 19.2 Å². The molecule has 0 radical (unpaired) electrons. The number of halogens is 3. The third-order valence-electron chi connectivity index (χ3n) is 8.04. The number of amides is 2. The Labute approximate surface area is 316 Å². The normalized spacial score (nSPS) is 15.5. The number of aromatic carboxylic acids is 2. The molecule has 0 fully saturated rings. The van der Waals surface area contributed by atoms with Crippen molar-refractivity contribution in [1.29, 1.82) is 0 Å². The van der Waals surface area contributed by atoms with Gasteiger partial charge in [-0.2, -0.15) is 0 Å². The molecule has 4 rings (SSSR count). The standard InChI is InChI=1S/C15H19N3O3.C12H18ClNO2S.C8H6Cl2O3/c1-5-9-6-10(13(19)20)11(16-7-9)12-17-14(21)15(4,18-12)8(2)3;1-8-7-17-10(3)12(8)14(11(15)5-13)9(2)6-16-4;1-13-7-5(10)3-2-4(9)6(7)8(11)12/h6-8H,5H2,1-4H3,(H,19,20)(H,17,18,21);7,9H,5-6H2,1-4H3;2-3H,1H3,(H,11,12). The van der Waals surface area contributed by atoms with Gasteiger partial charge in [0, 0.05) is 18.2 Å². The average Bonchev–Trinajstić information content (AvgIpc) is 3.58. The smallest absolute Gasteiger partial charge is 0.341 e. The van der Waals surface area contributed by atoms with Gasteiger partial charge < -0.3 is 29.9 Å². The quantitative estimate of drug-likeness (QED) is 0.169. The first kappa shape index (κ1) is 43.4. The molecular formula is C35H43Cl3N4O8S. The first-order chi connectivity index (χ1) is 23.9. The molecule has 3 N–H and O–H groups in total. The van der Waals surface area contributed by atoms with Crippen LogP contribution in [-0.2, 0) is 20.7 Å². The molecule has 0 aliphatic carbocycles. The summed E-state index contributed by atoms with van der Waals surface area (Å²) < 4.78 is 9.94. The fourth-order valence-electron chi connectivity index (χ4n) is 4.93. The number of aryl methyl sites for hydroxylation is 3. The summed E-state index contributed by atoms with van der Waals surface area (Å²) in [6.07, 6.45) is 2.30. The number of aromatic nitrogens is 1. The summed E-state index contributed by atoms with van der Waals surface area (Å²) in [5, 5.41) is 23.2. The van der Waals surface area contributed by atoms with E-state index in [1.54, 1.807) is 42.5 Å². The molecule has 0 bridgehead atoms. The zero-order valence-corrected chi connectivity index (χ0v) is 33.0. The lowest BCUT2D eigenvalue weighted by atomic mass is 9.89. The van der Waals surface area contributed by atoms with E-state index in [4.69, 9.17) is 49.4 Å². The van der Waals surface area contributed by atoms with Crippen LogP contribution < -0.4 is 15.0 Å². The van der Waals surface area contributed by atoms with Gasteiger partial charge in [0.15, 0.2) is 11.6 Å². The topological polar surface area (TPSA) is 168 Å². The number of alkyl halides is 1. The number of nitrogens with one attached hydrogen (secondary N) is 1. The molecule has 0 spiro atoms. The van der Waals surface area contributed by atoms with Gasteiger partial charge in [-0.1, -0.05) is 44.0 Å². The Kier molecular flexibility index (Phi) is 16.3. The second-order valence-corrected chi connectivity index (χ2v) is 14.0. The monoisotopic (exact) mass is 784 g/mol. The Hall–Kier alpha value is -3.75. The molecule has 1 aliphatic heterocycles. The van der Waals surface area contributed by atoms with Crippen molar-refractivity contribution in [2.75, 3.05) is 31.6 Å². The average molecular weight is 786 g/mol. The summed E-state index contributed by atoms with van der Waals surface area (Å²) in [6.45, 7) is 13.9. The number of aliphatic imine (C=N–C) groups is 1. The molecule has 2 amide bonds. The van der Waals surface area contributed by atoms with Crippen LogP contribution in [0.15, 0.2) is 34.8 Å². The van der Waals surface area contributed by atoms with Crippen molar-refractivity contribution < 1.29 is 38.9 Å². The molecule has 2 unspecified atom stereocenters. The maximum Gasteiger partial charge on any atom is 0.341 e. The number of methoxy groups -OCH3 is 2. The summed E-state index contributed by atoms with van der Waals surface area (Å²) >= 11 is 18.7. The third-order valence-corrected chi connectivity index (χ3v) is 9.90. The molecule has 0 saturated carbocycles. The minimum absolute atomic E-state index is 0.00167. The number of carboxylic acid groups (broad SMARTS) is 2. The van der Waals surface area contributed by atoms with E-state index in [0.29, 0.717) is 13.0 Å². The second-order valence-electron chi connectivity index (χ2n) is 11.9. The minimum Gasteiger partial charge on any atom is -0.494 e. The van der Waals surface area contributed by atoms with Gasteiger partial charge >= 0.3 is 11.9 Å². The summed E-state index contributed by atoms with van der Waals surface area (Å²) in [5.74, 6) is -2.25. The highest BCUT2D eigenvalue weighted by Gasteiger charge is 2.43. The van der Waals surface area contributed by atoms with E-state index >= 15 is 0 Å². The second kappa shape index (κ2) is 19.2. The third kappa shape index (κ3) is 10.4. The molecule has 2 aromatic heterocycles. The zero-order chi connectivity index (χ0) is 38.8. The lowest BCUT2D eigenvalue weighted by Gasteiger charge is -2.29. The van der Waals surface area contributed by atoms with Gasteiger partial charge in [0.25, 0.3) is 5.91 Å². The number of ether oxygens (including phenoxy) is 2. The molecule has 278 valence electrons. The minimum atomic E-state index is -1.16. The number of carboxylic acids is 2. The summed E-state index contributed by atoms with van der Waals surface area (Å²) in [4.78, 5) is 57.7. The summed E-state index contributed by atoms with van der Waals surface area (Å²) in [6, 6.07) is 4.45. The Morgan fingerprint density at radius 2 is 1.71 bits per heavy atom. The number of benzene rings is 1. The van der Waals surface area contributed by atoms with Gasteiger partial charge in [-0.05, 0) is 74.7 Å². The van der Waals surface area contributed by atoms with Gasteiger partial charge in [0.1, 0.15) is 22.7 Å². The van der Waals surface area contributed by atoms with E-state index in [9.17, 15) is 24.3 Å². The fraction of sp³-hybridized carbons (Fsp3) is 0.429. The first-order valence-corrected chi connectivity index (χ1v) is 17.9. The number of hydrogen-bond acceptors (Lipinski definition) is 9. The van der Waals surface area contributed by atoms with Crippen molar-refractivity contribution in [2.24, 2.45) is 10.9 Å². The maximum atomic E-state index is 12.1. The van der Waals surface area contributed by atoms with Gasteiger partial charge in [0.2, 0.25) is 5.91 Å². The summed E-state index contributed by atoms with van der Waals surface area (Å²) in [5.41, 5.74) is 2.17. The van der Waals surface area contributed by atoms with Crippen LogP contribution in [0.2, 0.25) is 10.0 Å². The van der Waals surface area contributed by atoms with Crippen LogP contribution in [0.5, 0.6) is 5.75 Å². The van der Waals surface area contributed by atoms with Crippen molar-refractivity contribution >= 4 is 81.4 Å². The largest absolute Gasteiger partial charge is 0.494 e. The molecule has 1 aliphatic rings. The molecule has 3 aromatic rings. The van der Waals surface area contributed by atoms with Crippen LogP contribution in [0.4, 0.5) is 5.69 Å². The Morgan fingerprint density at radius 3 is 2.14 bits per heavy atom. The van der Waals surface area contributed by atoms with E-state index in [0.717, 1.165) is 21.7 Å². The molecule has 16 heteroatoms. The van der Waals surface area contributed by atoms with Crippen molar-refractivity contribution in [3.05, 3.63) is 72.6 Å². The Morgan fingerprint density at radius 1 is 1.08 bits per heavy atom. The number of carbonyl (C=O) groups excluding carboxylic acids is 2. The van der Waals surface area contributed by atoms with Crippen LogP contribution in [0.25, 0.3) is 0 Å². The number of hydrogen-bond donors (Lipinski definition) is 3. The number of thiophene rings is 1. The van der Waals surface area contributed by atoms with Crippen LogP contribution in [0.1, 0.15) is 77.0 Å². The van der Waals surface area contributed by atoms with Gasteiger partial charge in [0.05, 0.1) is 41.1 Å². The van der Waals surface area contributed by atoms with Crippen molar-refractivity contribution in [3.8, 4) is 5.75 Å². The Balaban J connectivity index is 0.000000273. The highest BCUT2D eigenvalue weighted by atomic mass is 35.5. The lowest BCUT2D eigenvalue weighted by molar-refractivity contribution is -0.124. The van der Waals surface area contributed by atoms with Crippen molar-refractivity contribution in [1.82, 2.24) is 10.3 Å². The number of amidine groups is 1. The molecule has 2 atom stereocenters. The fourth-order valence-corrected chi connectivity index (χ4v) is 6.36. The lowest BCUT2D eigenvalue weighted by Crippen LogP contribution is -2.42. The van der Waals surface area contributed by atoms with E-state index in [1.807, 2.05) is 41.5 Å². The van der Waals surface area contributed by atoms with Crippen molar-refractivity contribution in [2.45, 2.75) is 66.5 Å². The number of anilines is 1. The van der Waals surface area contributed by atoms with Crippen LogP contribution >= 0.6 is 46.1 Å². The molecule has 51 heavy (non-hydrogen) atoms. The van der Waals surface area contributed by atoms with Gasteiger partial charge in [-0.25, -0.2) is 14.6 Å². The highest BCUT2D eigenvalue weighted by Crippen LogP contribution is 2.34. The highest BCUT2D eigenvalue weighted by molar-refractivity contribution is 7.10. The Bertz CT molecular complexity index is 1760. The van der Waals surface area contributed by atoms with E-state index in [-0.39, 0.29) is 68.1 Å². The SMILES string of the molecule is CCc1cnc(C2=NC(C)(C(C)C)C(=O)N2)c(C(=O)O)c1.COCC(C)N(C(=O)CCl)c1c(C)csc1C.COc1c(Cl)ccc(Cl)c1C(=O)O. The molecule has 12 nitrogen and oxygen atoms in total. The summed E-state index contributed by atoms with van der Waals surface area (Å²) in [7, 11) is 2.97. The molecule has 3 heterocycles. The first-order valence-electron chi connectivity index (χ1n) is 15.7. The number of carbonyl (C=O) groups is 4.